The predicted octanol–water partition coefficient (Wildman–Crippen LogP) is 4.83. The molecule has 19 heavy (non-hydrogen) atoms. The second kappa shape index (κ2) is 6.26. The van der Waals surface area contributed by atoms with Gasteiger partial charge in [0.25, 0.3) is 0 Å². The third-order valence-corrected chi connectivity index (χ3v) is 3.44. The van der Waals surface area contributed by atoms with Crippen molar-refractivity contribution < 1.29 is 13.9 Å². The Hall–Kier alpha value is -1.26. The van der Waals surface area contributed by atoms with Gasteiger partial charge >= 0.3 is 0 Å². The summed E-state index contributed by atoms with van der Waals surface area (Å²) in [4.78, 5) is 0. The van der Waals surface area contributed by atoms with Gasteiger partial charge in [0, 0.05) is 0 Å². The Kier molecular flexibility index (Phi) is 4.66. The van der Waals surface area contributed by atoms with Gasteiger partial charge in [-0.2, -0.15) is 0 Å². The van der Waals surface area contributed by atoms with E-state index < -0.39 is 5.82 Å². The molecule has 0 atom stereocenters. The zero-order valence-electron chi connectivity index (χ0n) is 10.1. The van der Waals surface area contributed by atoms with E-state index in [9.17, 15) is 4.39 Å². The van der Waals surface area contributed by atoms with Crippen LogP contribution >= 0.6 is 27.5 Å². The van der Waals surface area contributed by atoms with E-state index in [1.54, 1.807) is 13.2 Å². The standard InChI is InChI=1S/C14H11BrClFO2/c1-18-13-6-5-9(7-10(13)15)8-19-14-11(16)3-2-4-12(14)17/h2-7H,8H2,1H3. The maximum Gasteiger partial charge on any atom is 0.174 e. The minimum absolute atomic E-state index is 0.0658. The third kappa shape index (κ3) is 3.39. The Morgan fingerprint density at radius 1 is 1.26 bits per heavy atom. The predicted molar refractivity (Wildman–Crippen MR) is 76.4 cm³/mol. The molecular formula is C14H11BrClFO2. The van der Waals surface area contributed by atoms with E-state index in [1.807, 2.05) is 18.2 Å². The summed E-state index contributed by atoms with van der Waals surface area (Å²) < 4.78 is 24.9. The Bertz CT molecular complexity index is 569. The van der Waals surface area contributed by atoms with Gasteiger partial charge in [0.15, 0.2) is 11.6 Å². The van der Waals surface area contributed by atoms with E-state index >= 15 is 0 Å². The third-order valence-electron chi connectivity index (χ3n) is 2.52. The average molecular weight is 346 g/mol. The van der Waals surface area contributed by atoms with E-state index in [0.29, 0.717) is 0 Å². The summed E-state index contributed by atoms with van der Waals surface area (Å²) in [5.41, 5.74) is 0.881. The fourth-order valence-electron chi connectivity index (χ4n) is 1.58. The number of ether oxygens (including phenoxy) is 2. The lowest BCUT2D eigenvalue weighted by atomic mass is 10.2. The van der Waals surface area contributed by atoms with Crippen molar-refractivity contribution in [2.24, 2.45) is 0 Å². The maximum absolute atomic E-state index is 13.5. The molecule has 0 aliphatic rings. The number of rotatable bonds is 4. The zero-order chi connectivity index (χ0) is 13.8. The molecule has 0 radical (unpaired) electrons. The summed E-state index contributed by atoms with van der Waals surface area (Å²) in [5.74, 6) is 0.323. The van der Waals surface area contributed by atoms with Crippen LogP contribution in [-0.4, -0.2) is 7.11 Å². The molecule has 2 aromatic carbocycles. The molecular weight excluding hydrogens is 335 g/mol. The molecule has 0 heterocycles. The minimum atomic E-state index is -0.472. The van der Waals surface area contributed by atoms with Gasteiger partial charge in [0.1, 0.15) is 12.4 Å². The van der Waals surface area contributed by atoms with Gasteiger partial charge in [-0.05, 0) is 45.8 Å². The summed E-state index contributed by atoms with van der Waals surface area (Å²) in [6, 6.07) is 9.95. The highest BCUT2D eigenvalue weighted by Gasteiger charge is 2.09. The van der Waals surface area contributed by atoms with Crippen molar-refractivity contribution in [1.29, 1.82) is 0 Å². The molecule has 0 unspecified atom stereocenters. The monoisotopic (exact) mass is 344 g/mol. The first-order valence-electron chi connectivity index (χ1n) is 5.51. The van der Waals surface area contributed by atoms with E-state index in [0.717, 1.165) is 15.8 Å². The van der Waals surface area contributed by atoms with Crippen molar-refractivity contribution >= 4 is 27.5 Å². The Morgan fingerprint density at radius 2 is 2.05 bits per heavy atom. The van der Waals surface area contributed by atoms with Gasteiger partial charge in [-0.3, -0.25) is 0 Å². The summed E-state index contributed by atoms with van der Waals surface area (Å²) in [5, 5.41) is 0.257. The fraction of sp³-hybridized carbons (Fsp3) is 0.143. The zero-order valence-corrected chi connectivity index (χ0v) is 12.5. The summed E-state index contributed by atoms with van der Waals surface area (Å²) >= 11 is 9.26. The molecule has 0 amide bonds. The van der Waals surface area contributed by atoms with Gasteiger partial charge < -0.3 is 9.47 Å². The first-order valence-corrected chi connectivity index (χ1v) is 6.68. The molecule has 0 N–H and O–H groups in total. The fourth-order valence-corrected chi connectivity index (χ4v) is 2.38. The molecule has 2 rings (SSSR count). The van der Waals surface area contributed by atoms with Gasteiger partial charge in [0.05, 0.1) is 16.6 Å². The average Bonchev–Trinajstić information content (AvgIpc) is 2.38. The van der Waals surface area contributed by atoms with Gasteiger partial charge in [-0.15, -0.1) is 0 Å². The van der Waals surface area contributed by atoms with Crippen molar-refractivity contribution in [2.45, 2.75) is 6.61 Å². The normalized spacial score (nSPS) is 10.3. The Labute approximate surface area is 124 Å². The second-order valence-electron chi connectivity index (χ2n) is 3.81. The molecule has 0 saturated heterocycles. The highest BCUT2D eigenvalue weighted by Crippen LogP contribution is 2.29. The van der Waals surface area contributed by atoms with Crippen LogP contribution in [0.3, 0.4) is 0 Å². The van der Waals surface area contributed by atoms with E-state index in [4.69, 9.17) is 21.1 Å². The number of halogens is 3. The van der Waals surface area contributed by atoms with Crippen LogP contribution in [0.5, 0.6) is 11.5 Å². The van der Waals surface area contributed by atoms with Crippen LogP contribution in [0.2, 0.25) is 5.02 Å². The van der Waals surface area contributed by atoms with Crippen molar-refractivity contribution in [3.8, 4) is 11.5 Å². The molecule has 100 valence electrons. The largest absolute Gasteiger partial charge is 0.496 e. The number of hydrogen-bond acceptors (Lipinski definition) is 2. The summed E-state index contributed by atoms with van der Waals surface area (Å²) in [6.07, 6.45) is 0. The number of para-hydroxylation sites is 1. The molecule has 2 aromatic rings. The molecule has 0 aliphatic heterocycles. The van der Waals surface area contributed by atoms with Crippen molar-refractivity contribution in [3.63, 3.8) is 0 Å². The van der Waals surface area contributed by atoms with E-state index in [2.05, 4.69) is 15.9 Å². The number of benzene rings is 2. The van der Waals surface area contributed by atoms with Gasteiger partial charge in [-0.25, -0.2) is 4.39 Å². The van der Waals surface area contributed by atoms with Crippen LogP contribution in [-0.2, 0) is 6.61 Å². The van der Waals surface area contributed by atoms with Crippen molar-refractivity contribution in [1.82, 2.24) is 0 Å². The highest BCUT2D eigenvalue weighted by atomic mass is 79.9. The van der Waals surface area contributed by atoms with E-state index in [-0.39, 0.29) is 17.4 Å². The van der Waals surface area contributed by atoms with Crippen LogP contribution in [0, 0.1) is 5.82 Å². The van der Waals surface area contributed by atoms with Crippen molar-refractivity contribution in [3.05, 3.63) is 57.3 Å². The first kappa shape index (κ1) is 14.2. The topological polar surface area (TPSA) is 18.5 Å². The summed E-state index contributed by atoms with van der Waals surface area (Å²) in [7, 11) is 1.59. The first-order chi connectivity index (χ1) is 9.11. The molecule has 5 heteroatoms. The molecule has 0 fully saturated rings. The van der Waals surface area contributed by atoms with Crippen molar-refractivity contribution in [2.75, 3.05) is 7.11 Å². The van der Waals surface area contributed by atoms with Crippen LogP contribution in [0.15, 0.2) is 40.9 Å². The quantitative estimate of drug-likeness (QED) is 0.790. The molecule has 0 spiro atoms. The lowest BCUT2D eigenvalue weighted by Gasteiger charge is -2.10. The van der Waals surface area contributed by atoms with Crippen LogP contribution in [0.1, 0.15) is 5.56 Å². The maximum atomic E-state index is 13.5. The van der Waals surface area contributed by atoms with Gasteiger partial charge in [-0.1, -0.05) is 23.7 Å². The highest BCUT2D eigenvalue weighted by molar-refractivity contribution is 9.10. The Morgan fingerprint density at radius 3 is 2.68 bits per heavy atom. The van der Waals surface area contributed by atoms with Gasteiger partial charge in [0.2, 0.25) is 0 Å². The Balaban J connectivity index is 2.13. The molecule has 0 saturated carbocycles. The summed E-state index contributed by atoms with van der Waals surface area (Å²) in [6.45, 7) is 0.225. The lowest BCUT2D eigenvalue weighted by molar-refractivity contribution is 0.290. The van der Waals surface area contributed by atoms with Crippen LogP contribution in [0.4, 0.5) is 4.39 Å². The van der Waals surface area contributed by atoms with Crippen LogP contribution in [0.25, 0.3) is 0 Å². The minimum Gasteiger partial charge on any atom is -0.496 e. The van der Waals surface area contributed by atoms with Crippen LogP contribution < -0.4 is 9.47 Å². The molecule has 0 bridgehead atoms. The van der Waals surface area contributed by atoms with E-state index in [1.165, 1.54) is 12.1 Å². The lowest BCUT2D eigenvalue weighted by Crippen LogP contribution is -1.98. The second-order valence-corrected chi connectivity index (χ2v) is 5.07. The number of methoxy groups -OCH3 is 1. The SMILES string of the molecule is COc1ccc(COc2c(F)cccc2Cl)cc1Br. The molecule has 2 nitrogen and oxygen atoms in total. The smallest absolute Gasteiger partial charge is 0.174 e. The molecule has 0 aromatic heterocycles. The molecule has 0 aliphatic carbocycles. The number of hydrogen-bond donors (Lipinski definition) is 0.